The van der Waals surface area contributed by atoms with Gasteiger partial charge in [-0.3, -0.25) is 9.78 Å². The van der Waals surface area contributed by atoms with E-state index in [1.54, 1.807) is 31.3 Å². The summed E-state index contributed by atoms with van der Waals surface area (Å²) in [5.74, 6) is -1.95. The standard InChI is InChI=1S/C29H25F3N2O5/c1-18-16-23(11-9-20(18)10-12-26(35)39-28(36)29(30,31)32)37-15-13-24-19(2)38-27(34-24)22-7-5-6-21(17-22)25-8-3-4-14-33-25/h3-9,11,14,16-17H,10,12-13,15H2,1-2H3. The second kappa shape index (κ2) is 11.9. The zero-order valence-electron chi connectivity index (χ0n) is 21.2. The molecule has 0 aliphatic heterocycles. The SMILES string of the molecule is Cc1cc(OCCc2nc(-c3cccc(-c4ccccn4)c3)oc2C)ccc1CCC(=O)OC(=O)C(F)(F)F. The number of carbonyl (C=O) groups excluding carboxylic acids is 2. The highest BCUT2D eigenvalue weighted by Crippen LogP contribution is 2.27. The number of nitrogens with zero attached hydrogens (tertiary/aromatic N) is 2. The Hall–Kier alpha value is -4.47. The number of hydrogen-bond acceptors (Lipinski definition) is 7. The van der Waals surface area contributed by atoms with Gasteiger partial charge in [0.15, 0.2) is 0 Å². The summed E-state index contributed by atoms with van der Waals surface area (Å²) in [6, 6.07) is 18.7. The Balaban J connectivity index is 1.31. The lowest BCUT2D eigenvalue weighted by Gasteiger charge is -2.10. The summed E-state index contributed by atoms with van der Waals surface area (Å²) < 4.78 is 52.2. The van der Waals surface area contributed by atoms with E-state index in [0.29, 0.717) is 30.4 Å². The Kier molecular flexibility index (Phi) is 8.43. The molecule has 0 fully saturated rings. The van der Waals surface area contributed by atoms with Crippen molar-refractivity contribution in [1.82, 2.24) is 9.97 Å². The van der Waals surface area contributed by atoms with Crippen molar-refractivity contribution in [2.45, 2.75) is 39.3 Å². The van der Waals surface area contributed by atoms with Crippen LogP contribution in [0, 0.1) is 13.8 Å². The highest BCUT2D eigenvalue weighted by Gasteiger charge is 2.42. The fraction of sp³-hybridized carbons (Fsp3) is 0.241. The molecule has 4 aromatic rings. The van der Waals surface area contributed by atoms with E-state index < -0.39 is 18.1 Å². The van der Waals surface area contributed by atoms with Gasteiger partial charge >= 0.3 is 18.1 Å². The number of halogens is 3. The minimum atomic E-state index is -5.21. The summed E-state index contributed by atoms with van der Waals surface area (Å²) in [7, 11) is 0. The summed E-state index contributed by atoms with van der Waals surface area (Å²) >= 11 is 0. The third-order valence-corrected chi connectivity index (χ3v) is 5.92. The molecule has 10 heteroatoms. The van der Waals surface area contributed by atoms with Gasteiger partial charge in [-0.1, -0.05) is 24.3 Å². The van der Waals surface area contributed by atoms with Crippen LogP contribution in [0.4, 0.5) is 13.2 Å². The summed E-state index contributed by atoms with van der Waals surface area (Å²) in [6.07, 6.45) is -3.19. The van der Waals surface area contributed by atoms with Gasteiger partial charge < -0.3 is 13.9 Å². The molecule has 0 aliphatic rings. The molecule has 0 saturated carbocycles. The monoisotopic (exact) mass is 538 g/mol. The Morgan fingerprint density at radius 2 is 1.74 bits per heavy atom. The van der Waals surface area contributed by atoms with Crippen LogP contribution in [0.25, 0.3) is 22.7 Å². The Morgan fingerprint density at radius 1 is 0.949 bits per heavy atom. The number of oxazole rings is 1. The van der Waals surface area contributed by atoms with Crippen molar-refractivity contribution < 1.29 is 36.7 Å². The van der Waals surface area contributed by atoms with Crippen LogP contribution in [0.3, 0.4) is 0 Å². The Morgan fingerprint density at radius 3 is 2.46 bits per heavy atom. The smallest absolute Gasteiger partial charge is 0.491 e. The van der Waals surface area contributed by atoms with Gasteiger partial charge in [0.25, 0.3) is 0 Å². The number of aryl methyl sites for hydroxylation is 3. The van der Waals surface area contributed by atoms with Crippen molar-refractivity contribution in [3.8, 4) is 28.5 Å². The van der Waals surface area contributed by atoms with Crippen molar-refractivity contribution in [1.29, 1.82) is 0 Å². The summed E-state index contributed by atoms with van der Waals surface area (Å²) in [5, 5.41) is 0. The molecule has 0 saturated heterocycles. The molecule has 0 bridgehead atoms. The van der Waals surface area contributed by atoms with Gasteiger partial charge in [0.1, 0.15) is 11.5 Å². The summed E-state index contributed by atoms with van der Waals surface area (Å²) in [4.78, 5) is 31.3. The van der Waals surface area contributed by atoms with Crippen molar-refractivity contribution in [3.63, 3.8) is 0 Å². The molecule has 202 valence electrons. The van der Waals surface area contributed by atoms with Crippen LogP contribution in [0.2, 0.25) is 0 Å². The largest absolute Gasteiger partial charge is 0.493 e. The number of alkyl halides is 3. The predicted octanol–water partition coefficient (Wildman–Crippen LogP) is 6.21. The molecule has 2 heterocycles. The topological polar surface area (TPSA) is 91.5 Å². The molecule has 0 aliphatic carbocycles. The first kappa shape index (κ1) is 27.6. The average molecular weight is 539 g/mol. The number of ether oxygens (including phenoxy) is 2. The molecule has 2 aromatic heterocycles. The van der Waals surface area contributed by atoms with E-state index >= 15 is 0 Å². The number of esters is 2. The van der Waals surface area contributed by atoms with Crippen LogP contribution in [-0.4, -0.2) is 34.7 Å². The fourth-order valence-electron chi connectivity index (χ4n) is 3.88. The maximum absolute atomic E-state index is 12.2. The lowest BCUT2D eigenvalue weighted by Crippen LogP contribution is -2.28. The van der Waals surface area contributed by atoms with E-state index in [4.69, 9.17) is 9.15 Å². The third kappa shape index (κ3) is 7.31. The van der Waals surface area contributed by atoms with Gasteiger partial charge in [0, 0.05) is 23.7 Å². The highest BCUT2D eigenvalue weighted by atomic mass is 19.4. The number of hydrogen-bond donors (Lipinski definition) is 0. The van der Waals surface area contributed by atoms with Crippen molar-refractivity contribution >= 4 is 11.9 Å². The van der Waals surface area contributed by atoms with Gasteiger partial charge in [0.2, 0.25) is 5.89 Å². The van der Waals surface area contributed by atoms with E-state index in [1.807, 2.05) is 49.4 Å². The van der Waals surface area contributed by atoms with E-state index in [1.165, 1.54) is 0 Å². The predicted molar refractivity (Wildman–Crippen MR) is 136 cm³/mol. The first-order valence-electron chi connectivity index (χ1n) is 12.1. The summed E-state index contributed by atoms with van der Waals surface area (Å²) in [5.41, 5.74) is 4.94. The third-order valence-electron chi connectivity index (χ3n) is 5.92. The van der Waals surface area contributed by atoms with Gasteiger partial charge in [-0.2, -0.15) is 13.2 Å². The van der Waals surface area contributed by atoms with E-state index in [2.05, 4.69) is 14.7 Å². The molecule has 0 atom stereocenters. The average Bonchev–Trinajstić information content (AvgIpc) is 3.28. The van der Waals surface area contributed by atoms with Crippen LogP contribution in [0.5, 0.6) is 5.75 Å². The van der Waals surface area contributed by atoms with Gasteiger partial charge in [-0.05, 0) is 67.8 Å². The molecule has 39 heavy (non-hydrogen) atoms. The minimum absolute atomic E-state index is 0.124. The summed E-state index contributed by atoms with van der Waals surface area (Å²) in [6.45, 7) is 3.98. The van der Waals surface area contributed by atoms with Gasteiger partial charge in [0.05, 0.1) is 24.4 Å². The lowest BCUT2D eigenvalue weighted by molar-refractivity contribution is -0.201. The molecular weight excluding hydrogens is 513 g/mol. The normalized spacial score (nSPS) is 11.3. The molecule has 0 radical (unpaired) electrons. The molecular formula is C29H25F3N2O5. The van der Waals surface area contributed by atoms with Crippen LogP contribution in [0.15, 0.2) is 71.3 Å². The van der Waals surface area contributed by atoms with E-state index in [-0.39, 0.29) is 12.8 Å². The van der Waals surface area contributed by atoms with Crippen LogP contribution in [0.1, 0.15) is 29.0 Å². The lowest BCUT2D eigenvalue weighted by atomic mass is 10.0. The molecule has 0 amide bonds. The second-order valence-corrected chi connectivity index (χ2v) is 8.76. The minimum Gasteiger partial charge on any atom is -0.493 e. The Bertz CT molecular complexity index is 1470. The van der Waals surface area contributed by atoms with Crippen molar-refractivity contribution in [2.24, 2.45) is 0 Å². The molecule has 0 spiro atoms. The molecule has 2 aromatic carbocycles. The van der Waals surface area contributed by atoms with Gasteiger partial charge in [-0.25, -0.2) is 9.78 Å². The zero-order valence-corrected chi connectivity index (χ0v) is 21.2. The van der Waals surface area contributed by atoms with Gasteiger partial charge in [-0.15, -0.1) is 0 Å². The van der Waals surface area contributed by atoms with E-state index in [0.717, 1.165) is 33.6 Å². The maximum atomic E-state index is 12.2. The number of benzene rings is 2. The van der Waals surface area contributed by atoms with Crippen LogP contribution >= 0.6 is 0 Å². The molecule has 7 nitrogen and oxygen atoms in total. The molecule has 0 N–H and O–H groups in total. The number of rotatable bonds is 9. The maximum Gasteiger partial charge on any atom is 0.491 e. The Labute approximate surface area is 222 Å². The van der Waals surface area contributed by atoms with Crippen molar-refractivity contribution in [2.75, 3.05) is 6.61 Å². The molecule has 4 rings (SSSR count). The zero-order chi connectivity index (χ0) is 28.0. The first-order valence-corrected chi connectivity index (χ1v) is 12.1. The number of aromatic nitrogens is 2. The van der Waals surface area contributed by atoms with E-state index in [9.17, 15) is 22.8 Å². The molecule has 0 unspecified atom stereocenters. The number of pyridine rings is 1. The second-order valence-electron chi connectivity index (χ2n) is 8.76. The quantitative estimate of drug-likeness (QED) is 0.185. The van der Waals surface area contributed by atoms with Crippen molar-refractivity contribution in [3.05, 3.63) is 89.4 Å². The fourth-order valence-corrected chi connectivity index (χ4v) is 3.88. The first-order chi connectivity index (χ1) is 18.6. The highest BCUT2D eigenvalue weighted by molar-refractivity contribution is 5.88. The number of carbonyl (C=O) groups is 2. The van der Waals surface area contributed by atoms with Crippen LogP contribution < -0.4 is 4.74 Å². The van der Waals surface area contributed by atoms with Crippen LogP contribution in [-0.2, 0) is 27.2 Å².